The number of anilines is 1. The van der Waals surface area contributed by atoms with E-state index in [1.165, 1.54) is 31.2 Å². The lowest BCUT2D eigenvalue weighted by molar-refractivity contribution is -0.158. The highest BCUT2D eigenvalue weighted by atomic mass is 32.2. The van der Waals surface area contributed by atoms with Crippen molar-refractivity contribution in [2.24, 2.45) is 17.0 Å². The lowest BCUT2D eigenvalue weighted by Crippen LogP contribution is -2.39. The van der Waals surface area contributed by atoms with E-state index >= 15 is 0 Å². The third-order valence-electron chi connectivity index (χ3n) is 5.35. The number of rotatable bonds is 6. The molecule has 3 amide bonds. The van der Waals surface area contributed by atoms with Crippen LogP contribution in [0.2, 0.25) is 0 Å². The number of primary sulfonamides is 1. The number of benzene rings is 1. The highest BCUT2D eigenvalue weighted by molar-refractivity contribution is 7.89. The van der Waals surface area contributed by atoms with Crippen molar-refractivity contribution in [3.63, 3.8) is 0 Å². The zero-order chi connectivity index (χ0) is 22.1. The van der Waals surface area contributed by atoms with Crippen LogP contribution in [-0.4, -0.2) is 49.7 Å². The number of esters is 1. The van der Waals surface area contributed by atoms with Crippen molar-refractivity contribution < 1.29 is 32.3 Å². The van der Waals surface area contributed by atoms with Crippen LogP contribution in [0.15, 0.2) is 29.2 Å². The molecule has 11 heteroatoms. The zero-order valence-corrected chi connectivity index (χ0v) is 17.2. The number of hydrogen-bond acceptors (Lipinski definition) is 7. The molecule has 3 unspecified atom stereocenters. The van der Waals surface area contributed by atoms with E-state index in [4.69, 9.17) is 9.88 Å². The summed E-state index contributed by atoms with van der Waals surface area (Å²) in [7, 11) is -3.85. The Hall–Kier alpha value is -2.79. The number of nitrogens with two attached hydrogens (primary N) is 1. The minimum absolute atomic E-state index is 0.111. The van der Waals surface area contributed by atoms with Crippen molar-refractivity contribution in [1.82, 2.24) is 4.90 Å². The summed E-state index contributed by atoms with van der Waals surface area (Å²) in [5.41, 5.74) is 0.282. The molecule has 3 atom stereocenters. The first kappa shape index (κ1) is 21.9. The van der Waals surface area contributed by atoms with Gasteiger partial charge < -0.3 is 10.1 Å². The van der Waals surface area contributed by atoms with E-state index in [0.29, 0.717) is 12.8 Å². The summed E-state index contributed by atoms with van der Waals surface area (Å²) < 4.78 is 27.6. The predicted octanol–water partition coefficient (Wildman–Crippen LogP) is 0.379. The summed E-state index contributed by atoms with van der Waals surface area (Å²) >= 11 is 0. The molecule has 2 fully saturated rings. The second kappa shape index (κ2) is 8.52. The normalized spacial score (nSPS) is 22.4. The van der Waals surface area contributed by atoms with Crippen LogP contribution in [0.4, 0.5) is 5.69 Å². The molecule has 3 rings (SSSR count). The summed E-state index contributed by atoms with van der Waals surface area (Å²) in [5.74, 6) is -2.94. The van der Waals surface area contributed by atoms with Gasteiger partial charge in [0.2, 0.25) is 21.8 Å². The first-order chi connectivity index (χ1) is 14.1. The summed E-state index contributed by atoms with van der Waals surface area (Å²) in [5, 5.41) is 7.49. The molecule has 3 N–H and O–H groups in total. The third-order valence-corrected chi connectivity index (χ3v) is 6.28. The van der Waals surface area contributed by atoms with E-state index in [0.717, 1.165) is 17.7 Å². The number of imide groups is 1. The van der Waals surface area contributed by atoms with Gasteiger partial charge in [-0.2, -0.15) is 0 Å². The molecule has 1 aliphatic heterocycles. The Labute approximate surface area is 173 Å². The number of nitrogens with one attached hydrogen (secondary N) is 1. The minimum Gasteiger partial charge on any atom is -0.451 e. The van der Waals surface area contributed by atoms with Crippen LogP contribution >= 0.6 is 0 Å². The fraction of sp³-hybridized carbons (Fsp3) is 0.474. The Bertz CT molecular complexity index is 950. The quantitative estimate of drug-likeness (QED) is 0.482. The lowest BCUT2D eigenvalue weighted by atomic mass is 9.81. The molecule has 1 aliphatic carbocycles. The molecule has 162 valence electrons. The molecule has 30 heavy (non-hydrogen) atoms. The lowest BCUT2D eigenvalue weighted by Gasteiger charge is -2.19. The van der Waals surface area contributed by atoms with Crippen molar-refractivity contribution in [3.05, 3.63) is 24.3 Å². The SMILES string of the molecule is CC(OC(=O)CN1C(=O)C2CCCCC2C1=O)C(=O)Nc1ccc(S(N)(=O)=O)cc1. The van der Waals surface area contributed by atoms with Crippen LogP contribution in [0.5, 0.6) is 0 Å². The van der Waals surface area contributed by atoms with Crippen molar-refractivity contribution in [3.8, 4) is 0 Å². The molecule has 0 spiro atoms. The Balaban J connectivity index is 1.54. The van der Waals surface area contributed by atoms with Gasteiger partial charge in [0.05, 0.1) is 16.7 Å². The third kappa shape index (κ3) is 4.68. The molecule has 2 aliphatic rings. The van der Waals surface area contributed by atoms with Crippen LogP contribution in [0.25, 0.3) is 0 Å². The molecule has 0 bridgehead atoms. The topological polar surface area (TPSA) is 153 Å². The number of hydrogen-bond donors (Lipinski definition) is 2. The molecular formula is C19H23N3O7S. The van der Waals surface area contributed by atoms with Crippen LogP contribution < -0.4 is 10.5 Å². The van der Waals surface area contributed by atoms with E-state index in [9.17, 15) is 27.6 Å². The molecule has 0 radical (unpaired) electrons. The van der Waals surface area contributed by atoms with Gasteiger partial charge in [-0.15, -0.1) is 0 Å². The van der Waals surface area contributed by atoms with Gasteiger partial charge in [0, 0.05) is 5.69 Å². The molecule has 1 aromatic carbocycles. The van der Waals surface area contributed by atoms with E-state index in [-0.39, 0.29) is 34.2 Å². The molecular weight excluding hydrogens is 414 g/mol. The van der Waals surface area contributed by atoms with Gasteiger partial charge in [0.1, 0.15) is 6.54 Å². The largest absolute Gasteiger partial charge is 0.451 e. The Morgan fingerprint density at radius 2 is 1.67 bits per heavy atom. The molecule has 1 saturated heterocycles. The van der Waals surface area contributed by atoms with Crippen molar-refractivity contribution >= 4 is 39.4 Å². The fourth-order valence-electron chi connectivity index (χ4n) is 3.78. The van der Waals surface area contributed by atoms with Crippen molar-refractivity contribution in [2.45, 2.75) is 43.6 Å². The van der Waals surface area contributed by atoms with Crippen LogP contribution in [0.3, 0.4) is 0 Å². The molecule has 10 nitrogen and oxygen atoms in total. The monoisotopic (exact) mass is 437 g/mol. The minimum atomic E-state index is -3.85. The van der Waals surface area contributed by atoms with Gasteiger partial charge in [-0.3, -0.25) is 24.1 Å². The summed E-state index contributed by atoms with van der Waals surface area (Å²) in [4.78, 5) is 50.1. The average molecular weight is 437 g/mol. The maximum Gasteiger partial charge on any atom is 0.326 e. The number of carbonyl (C=O) groups excluding carboxylic acids is 4. The van der Waals surface area contributed by atoms with Gasteiger partial charge in [-0.05, 0) is 44.0 Å². The number of fused-ring (bicyclic) bond motifs is 1. The number of amides is 3. The smallest absolute Gasteiger partial charge is 0.326 e. The van der Waals surface area contributed by atoms with Crippen LogP contribution in [0.1, 0.15) is 32.6 Å². The van der Waals surface area contributed by atoms with Crippen LogP contribution in [0, 0.1) is 11.8 Å². The highest BCUT2D eigenvalue weighted by Crippen LogP contribution is 2.37. The first-order valence-electron chi connectivity index (χ1n) is 9.56. The van der Waals surface area contributed by atoms with Gasteiger partial charge in [0.25, 0.3) is 5.91 Å². The second-order valence-corrected chi connectivity index (χ2v) is 9.01. The maximum absolute atomic E-state index is 12.4. The van der Waals surface area contributed by atoms with E-state index < -0.39 is 34.5 Å². The summed E-state index contributed by atoms with van der Waals surface area (Å²) in [6.45, 7) is 0.824. The average Bonchev–Trinajstić information content (AvgIpc) is 2.93. The first-order valence-corrected chi connectivity index (χ1v) is 11.1. The molecule has 1 heterocycles. The van der Waals surface area contributed by atoms with Gasteiger partial charge in [-0.25, -0.2) is 13.6 Å². The Kier molecular flexibility index (Phi) is 6.22. The fourth-order valence-corrected chi connectivity index (χ4v) is 4.29. The maximum atomic E-state index is 12.4. The molecule has 0 aromatic heterocycles. The predicted molar refractivity (Wildman–Crippen MR) is 104 cm³/mol. The number of ether oxygens (including phenoxy) is 1. The van der Waals surface area contributed by atoms with Crippen molar-refractivity contribution in [1.29, 1.82) is 0 Å². The van der Waals surface area contributed by atoms with E-state index in [1.807, 2.05) is 0 Å². The summed E-state index contributed by atoms with van der Waals surface area (Å²) in [6.07, 6.45) is 1.86. The highest BCUT2D eigenvalue weighted by Gasteiger charge is 2.48. The number of nitrogens with zero attached hydrogens (tertiary/aromatic N) is 1. The number of likely N-dealkylation sites (tertiary alicyclic amines) is 1. The Morgan fingerprint density at radius 3 is 2.17 bits per heavy atom. The zero-order valence-electron chi connectivity index (χ0n) is 16.4. The van der Waals surface area contributed by atoms with Crippen LogP contribution in [-0.2, 0) is 33.9 Å². The van der Waals surface area contributed by atoms with Crippen molar-refractivity contribution in [2.75, 3.05) is 11.9 Å². The van der Waals surface area contributed by atoms with E-state index in [2.05, 4.69) is 5.32 Å². The Morgan fingerprint density at radius 1 is 1.13 bits per heavy atom. The van der Waals surface area contributed by atoms with Gasteiger partial charge >= 0.3 is 5.97 Å². The van der Waals surface area contributed by atoms with Gasteiger partial charge in [-0.1, -0.05) is 12.8 Å². The number of carbonyl (C=O) groups is 4. The summed E-state index contributed by atoms with van der Waals surface area (Å²) in [6, 6.07) is 5.14. The van der Waals surface area contributed by atoms with Gasteiger partial charge in [0.15, 0.2) is 6.10 Å². The standard InChI is InChI=1S/C19H23N3O7S/c1-11(17(24)21-12-6-8-13(9-7-12)30(20,27)28)29-16(23)10-22-18(25)14-4-2-3-5-15(14)19(22)26/h6-9,11,14-15H,2-5,10H2,1H3,(H,21,24)(H2,20,27,28). The molecule has 1 saturated carbocycles. The second-order valence-electron chi connectivity index (χ2n) is 7.45. The van der Waals surface area contributed by atoms with E-state index in [1.54, 1.807) is 0 Å². The number of sulfonamides is 1. The molecule has 1 aromatic rings.